The SMILES string of the molecule is COc1ccccc1NC(=O)c1cnc(NCc2ccc(Cl)cc2)nc1. The average molecular weight is 369 g/mol. The monoisotopic (exact) mass is 368 g/mol. The van der Waals surface area contributed by atoms with Crippen molar-refractivity contribution in [3.05, 3.63) is 77.1 Å². The molecule has 3 rings (SSSR count). The number of anilines is 2. The van der Waals surface area contributed by atoms with Crippen molar-refractivity contribution < 1.29 is 9.53 Å². The van der Waals surface area contributed by atoms with Crippen molar-refractivity contribution in [1.82, 2.24) is 9.97 Å². The Hall–Kier alpha value is -3.12. The summed E-state index contributed by atoms with van der Waals surface area (Å²) < 4.78 is 5.22. The Balaban J connectivity index is 1.61. The van der Waals surface area contributed by atoms with Crippen molar-refractivity contribution in [3.8, 4) is 5.75 Å². The molecule has 0 fully saturated rings. The Morgan fingerprint density at radius 2 is 1.77 bits per heavy atom. The van der Waals surface area contributed by atoms with E-state index in [0.717, 1.165) is 5.56 Å². The Bertz CT molecular complexity index is 883. The first-order chi connectivity index (χ1) is 12.7. The van der Waals surface area contributed by atoms with Crippen LogP contribution < -0.4 is 15.4 Å². The number of nitrogens with zero attached hydrogens (tertiary/aromatic N) is 2. The molecular weight excluding hydrogens is 352 g/mol. The number of rotatable bonds is 6. The number of para-hydroxylation sites is 2. The van der Waals surface area contributed by atoms with Gasteiger partial charge in [-0.3, -0.25) is 4.79 Å². The van der Waals surface area contributed by atoms with E-state index >= 15 is 0 Å². The van der Waals surface area contributed by atoms with Gasteiger partial charge in [0.2, 0.25) is 5.95 Å². The molecule has 26 heavy (non-hydrogen) atoms. The molecule has 0 unspecified atom stereocenters. The van der Waals surface area contributed by atoms with E-state index in [9.17, 15) is 4.79 Å². The molecule has 0 spiro atoms. The highest BCUT2D eigenvalue weighted by Crippen LogP contribution is 2.23. The van der Waals surface area contributed by atoms with Crippen molar-refractivity contribution in [2.45, 2.75) is 6.54 Å². The average Bonchev–Trinajstić information content (AvgIpc) is 2.68. The first-order valence-corrected chi connectivity index (χ1v) is 8.28. The summed E-state index contributed by atoms with van der Waals surface area (Å²) in [6, 6.07) is 14.7. The van der Waals surface area contributed by atoms with Crippen molar-refractivity contribution in [3.63, 3.8) is 0 Å². The number of hydrogen-bond acceptors (Lipinski definition) is 5. The normalized spacial score (nSPS) is 10.2. The van der Waals surface area contributed by atoms with Gasteiger partial charge in [-0.25, -0.2) is 9.97 Å². The predicted octanol–water partition coefficient (Wildman–Crippen LogP) is 4.00. The maximum atomic E-state index is 12.3. The zero-order chi connectivity index (χ0) is 18.4. The number of nitrogens with one attached hydrogen (secondary N) is 2. The number of aromatic nitrogens is 2. The minimum Gasteiger partial charge on any atom is -0.495 e. The van der Waals surface area contributed by atoms with Gasteiger partial charge in [0.15, 0.2) is 0 Å². The molecule has 0 aliphatic heterocycles. The van der Waals surface area contributed by atoms with E-state index in [2.05, 4.69) is 20.6 Å². The molecular formula is C19H17ClN4O2. The third kappa shape index (κ3) is 4.49. The van der Waals surface area contributed by atoms with Crippen LogP contribution in [-0.4, -0.2) is 23.0 Å². The largest absolute Gasteiger partial charge is 0.495 e. The van der Waals surface area contributed by atoms with Crippen LogP contribution >= 0.6 is 11.6 Å². The van der Waals surface area contributed by atoms with Crippen LogP contribution in [0.3, 0.4) is 0 Å². The topological polar surface area (TPSA) is 76.1 Å². The molecule has 132 valence electrons. The van der Waals surface area contributed by atoms with E-state index in [1.54, 1.807) is 19.2 Å². The predicted molar refractivity (Wildman–Crippen MR) is 102 cm³/mol. The molecule has 1 aromatic heterocycles. The lowest BCUT2D eigenvalue weighted by atomic mass is 10.2. The molecule has 2 aromatic carbocycles. The van der Waals surface area contributed by atoms with E-state index in [0.29, 0.717) is 34.5 Å². The standard InChI is InChI=1S/C19H17ClN4O2/c1-26-17-5-3-2-4-16(17)24-18(25)14-11-22-19(23-12-14)21-10-13-6-8-15(20)9-7-13/h2-9,11-12H,10H2,1H3,(H,24,25)(H,21,22,23). The Morgan fingerprint density at radius 3 is 2.46 bits per heavy atom. The van der Waals surface area contributed by atoms with Gasteiger partial charge in [0.1, 0.15) is 5.75 Å². The van der Waals surface area contributed by atoms with E-state index in [-0.39, 0.29) is 5.91 Å². The number of ether oxygens (including phenoxy) is 1. The fraction of sp³-hybridized carbons (Fsp3) is 0.105. The summed E-state index contributed by atoms with van der Waals surface area (Å²) in [5, 5.41) is 6.57. The van der Waals surface area contributed by atoms with Gasteiger partial charge >= 0.3 is 0 Å². The Kier molecular flexibility index (Phi) is 5.66. The van der Waals surface area contributed by atoms with Gasteiger partial charge < -0.3 is 15.4 Å². The molecule has 0 bridgehead atoms. The molecule has 0 saturated carbocycles. The summed E-state index contributed by atoms with van der Waals surface area (Å²) in [6.45, 7) is 0.559. The van der Waals surface area contributed by atoms with Gasteiger partial charge in [-0.1, -0.05) is 35.9 Å². The molecule has 7 heteroatoms. The van der Waals surface area contributed by atoms with Gasteiger partial charge in [0, 0.05) is 24.0 Å². The summed E-state index contributed by atoms with van der Waals surface area (Å²) in [5.41, 5.74) is 1.99. The fourth-order valence-electron chi connectivity index (χ4n) is 2.26. The van der Waals surface area contributed by atoms with Crippen LogP contribution in [0.25, 0.3) is 0 Å². The summed E-state index contributed by atoms with van der Waals surface area (Å²) in [7, 11) is 1.55. The maximum absolute atomic E-state index is 12.3. The first kappa shape index (κ1) is 17.7. The van der Waals surface area contributed by atoms with Crippen LogP contribution in [0.1, 0.15) is 15.9 Å². The maximum Gasteiger partial charge on any atom is 0.258 e. The Labute approximate surface area is 156 Å². The van der Waals surface area contributed by atoms with Crippen LogP contribution in [0.5, 0.6) is 5.75 Å². The molecule has 3 aromatic rings. The van der Waals surface area contributed by atoms with Crippen LogP contribution in [0, 0.1) is 0 Å². The lowest BCUT2D eigenvalue weighted by molar-refractivity contribution is 0.102. The molecule has 1 amide bonds. The minimum atomic E-state index is -0.307. The zero-order valence-corrected chi connectivity index (χ0v) is 14.8. The van der Waals surface area contributed by atoms with Crippen molar-refractivity contribution >= 4 is 29.1 Å². The lowest BCUT2D eigenvalue weighted by Crippen LogP contribution is -2.14. The van der Waals surface area contributed by atoms with E-state index in [1.165, 1.54) is 12.4 Å². The van der Waals surface area contributed by atoms with Crippen LogP contribution in [0.15, 0.2) is 60.9 Å². The second-order valence-electron chi connectivity index (χ2n) is 5.43. The van der Waals surface area contributed by atoms with E-state index in [4.69, 9.17) is 16.3 Å². The molecule has 0 saturated heterocycles. The molecule has 2 N–H and O–H groups in total. The third-order valence-electron chi connectivity index (χ3n) is 3.63. The zero-order valence-electron chi connectivity index (χ0n) is 14.1. The summed E-state index contributed by atoms with van der Waals surface area (Å²) in [4.78, 5) is 20.7. The summed E-state index contributed by atoms with van der Waals surface area (Å²) >= 11 is 5.86. The van der Waals surface area contributed by atoms with Crippen LogP contribution in [0.4, 0.5) is 11.6 Å². The Morgan fingerprint density at radius 1 is 1.08 bits per heavy atom. The van der Waals surface area contributed by atoms with Gasteiger partial charge in [-0.2, -0.15) is 0 Å². The van der Waals surface area contributed by atoms with Gasteiger partial charge in [0.05, 0.1) is 18.4 Å². The second kappa shape index (κ2) is 8.31. The fourth-order valence-corrected chi connectivity index (χ4v) is 2.39. The number of halogens is 1. The summed E-state index contributed by atoms with van der Waals surface area (Å²) in [5.74, 6) is 0.718. The second-order valence-corrected chi connectivity index (χ2v) is 5.87. The molecule has 0 atom stereocenters. The first-order valence-electron chi connectivity index (χ1n) is 7.90. The van der Waals surface area contributed by atoms with Crippen molar-refractivity contribution in [2.24, 2.45) is 0 Å². The highest BCUT2D eigenvalue weighted by atomic mass is 35.5. The van der Waals surface area contributed by atoms with Gasteiger partial charge in [-0.05, 0) is 29.8 Å². The smallest absolute Gasteiger partial charge is 0.258 e. The number of hydrogen-bond donors (Lipinski definition) is 2. The number of amides is 1. The summed E-state index contributed by atoms with van der Waals surface area (Å²) in [6.07, 6.45) is 2.95. The number of benzene rings is 2. The minimum absolute atomic E-state index is 0.307. The third-order valence-corrected chi connectivity index (χ3v) is 3.89. The molecule has 6 nitrogen and oxygen atoms in total. The molecule has 0 aliphatic carbocycles. The number of methoxy groups -OCH3 is 1. The van der Waals surface area contributed by atoms with Crippen LogP contribution in [0.2, 0.25) is 5.02 Å². The quantitative estimate of drug-likeness (QED) is 0.687. The van der Waals surface area contributed by atoms with Crippen LogP contribution in [-0.2, 0) is 6.54 Å². The molecule has 0 radical (unpaired) electrons. The van der Waals surface area contributed by atoms with Gasteiger partial charge in [-0.15, -0.1) is 0 Å². The molecule has 1 heterocycles. The number of carbonyl (C=O) groups is 1. The van der Waals surface area contributed by atoms with Crippen molar-refractivity contribution in [1.29, 1.82) is 0 Å². The van der Waals surface area contributed by atoms with Crippen molar-refractivity contribution in [2.75, 3.05) is 17.7 Å². The molecule has 0 aliphatic rings. The number of carbonyl (C=O) groups excluding carboxylic acids is 1. The highest BCUT2D eigenvalue weighted by Gasteiger charge is 2.10. The van der Waals surface area contributed by atoms with E-state index < -0.39 is 0 Å². The van der Waals surface area contributed by atoms with Gasteiger partial charge in [0.25, 0.3) is 5.91 Å². The highest BCUT2D eigenvalue weighted by molar-refractivity contribution is 6.30. The lowest BCUT2D eigenvalue weighted by Gasteiger charge is -2.10. The van der Waals surface area contributed by atoms with E-state index in [1.807, 2.05) is 36.4 Å².